The number of anilines is 1. The second-order valence-corrected chi connectivity index (χ2v) is 7.41. The highest BCUT2D eigenvalue weighted by Gasteiger charge is 2.38. The molecule has 5 nitrogen and oxygen atoms in total. The number of methoxy groups -OCH3 is 1. The molecule has 0 aromatic heterocycles. The van der Waals surface area contributed by atoms with Crippen LogP contribution in [0.5, 0.6) is 5.75 Å². The van der Waals surface area contributed by atoms with Gasteiger partial charge in [-0.15, -0.1) is 0 Å². The number of carbonyl (C=O) groups is 1. The topological polar surface area (TPSA) is 52.7 Å². The normalized spacial score (nSPS) is 21.0. The lowest BCUT2D eigenvalue weighted by molar-refractivity contribution is -0.417. The van der Waals surface area contributed by atoms with Gasteiger partial charge < -0.3 is 14.4 Å². The zero-order valence-corrected chi connectivity index (χ0v) is 17.1. The molecule has 2 aliphatic rings. The van der Waals surface area contributed by atoms with E-state index in [0.717, 1.165) is 34.0 Å². The van der Waals surface area contributed by atoms with Gasteiger partial charge in [0.2, 0.25) is 5.71 Å². The van der Waals surface area contributed by atoms with Crippen LogP contribution in [-0.2, 0) is 4.74 Å². The van der Waals surface area contributed by atoms with Crippen LogP contribution in [0.15, 0.2) is 66.5 Å². The van der Waals surface area contributed by atoms with Gasteiger partial charge >= 0.3 is 5.97 Å². The van der Waals surface area contributed by atoms with E-state index in [9.17, 15) is 4.79 Å². The van der Waals surface area contributed by atoms with Gasteiger partial charge in [-0.2, -0.15) is 0 Å². The van der Waals surface area contributed by atoms with E-state index in [1.807, 2.05) is 56.4 Å². The molecule has 2 unspecified atom stereocenters. The molecule has 0 bridgehead atoms. The zero-order chi connectivity index (χ0) is 20.5. The fourth-order valence-electron chi connectivity index (χ4n) is 4.02. The molecular weight excluding hydrogens is 364 g/mol. The van der Waals surface area contributed by atoms with Crippen LogP contribution in [0.1, 0.15) is 27.4 Å². The van der Waals surface area contributed by atoms with Gasteiger partial charge in [0.05, 0.1) is 12.7 Å². The van der Waals surface area contributed by atoms with E-state index in [-0.39, 0.29) is 17.8 Å². The summed E-state index contributed by atoms with van der Waals surface area (Å²) in [6, 6.07) is 13.9. The Morgan fingerprint density at radius 3 is 2.66 bits per heavy atom. The maximum Gasteiger partial charge on any atom is 0.338 e. The molecule has 148 valence electrons. The maximum absolute atomic E-state index is 12.5. The molecule has 2 aromatic carbocycles. The summed E-state index contributed by atoms with van der Waals surface area (Å²) in [6.07, 6.45) is 6.23. The SMILES string of the molecule is C[NH+]=C1C=CC2C(=C1)Oc1cc(N(C)C)ccc1C2c1ccccc1C(=O)OC. The molecule has 0 saturated heterocycles. The number of rotatable bonds is 3. The first-order chi connectivity index (χ1) is 14.0. The summed E-state index contributed by atoms with van der Waals surface area (Å²) in [5.74, 6) is 1.30. The number of allylic oxidation sites excluding steroid dienone is 3. The molecule has 0 saturated carbocycles. The largest absolute Gasteiger partial charge is 0.465 e. The molecular formula is C24H25N2O3+. The average molecular weight is 389 g/mol. The molecule has 0 radical (unpaired) electrons. The molecule has 4 rings (SSSR count). The number of carbonyl (C=O) groups excluding carboxylic acids is 1. The molecule has 1 heterocycles. The van der Waals surface area contributed by atoms with Crippen molar-refractivity contribution in [1.29, 1.82) is 0 Å². The molecule has 2 aromatic rings. The van der Waals surface area contributed by atoms with Crippen LogP contribution < -0.4 is 14.6 Å². The Hall–Kier alpha value is -3.34. The van der Waals surface area contributed by atoms with Crippen molar-refractivity contribution in [3.8, 4) is 5.75 Å². The number of hydrogen-bond acceptors (Lipinski definition) is 4. The van der Waals surface area contributed by atoms with Crippen LogP contribution in [0.2, 0.25) is 0 Å². The minimum absolute atomic E-state index is 0.00406. The van der Waals surface area contributed by atoms with Gasteiger partial charge in [-0.3, -0.25) is 0 Å². The minimum Gasteiger partial charge on any atom is -0.465 e. The summed E-state index contributed by atoms with van der Waals surface area (Å²) >= 11 is 0. The zero-order valence-electron chi connectivity index (χ0n) is 17.1. The monoisotopic (exact) mass is 389 g/mol. The predicted octanol–water partition coefficient (Wildman–Crippen LogP) is 2.28. The first-order valence-electron chi connectivity index (χ1n) is 9.64. The van der Waals surface area contributed by atoms with Crippen molar-refractivity contribution in [3.63, 3.8) is 0 Å². The van der Waals surface area contributed by atoms with Gasteiger partial charge in [-0.1, -0.05) is 30.3 Å². The van der Waals surface area contributed by atoms with Gasteiger partial charge in [0.25, 0.3) is 0 Å². The lowest BCUT2D eigenvalue weighted by Gasteiger charge is -2.36. The van der Waals surface area contributed by atoms with Crippen molar-refractivity contribution < 1.29 is 19.3 Å². The van der Waals surface area contributed by atoms with E-state index in [0.29, 0.717) is 5.56 Å². The number of benzene rings is 2. The van der Waals surface area contributed by atoms with Crippen LogP contribution >= 0.6 is 0 Å². The highest BCUT2D eigenvalue weighted by atomic mass is 16.5. The number of nitrogens with one attached hydrogen (secondary N) is 1. The molecule has 0 amide bonds. The van der Waals surface area contributed by atoms with Crippen molar-refractivity contribution >= 4 is 17.4 Å². The molecule has 29 heavy (non-hydrogen) atoms. The van der Waals surface area contributed by atoms with Gasteiger partial charge in [-0.25, -0.2) is 9.79 Å². The fourth-order valence-corrected chi connectivity index (χ4v) is 4.02. The summed E-state index contributed by atoms with van der Waals surface area (Å²) < 4.78 is 11.4. The fraction of sp³-hybridized carbons (Fsp3) is 0.250. The number of esters is 1. The molecule has 1 N–H and O–H groups in total. The Morgan fingerprint density at radius 1 is 1.14 bits per heavy atom. The molecule has 5 heteroatoms. The van der Waals surface area contributed by atoms with Crippen molar-refractivity contribution in [1.82, 2.24) is 0 Å². The lowest BCUT2D eigenvalue weighted by Crippen LogP contribution is -2.67. The number of hydrogen-bond donors (Lipinski definition) is 1. The number of ether oxygens (including phenoxy) is 2. The van der Waals surface area contributed by atoms with Gasteiger partial charge in [0.15, 0.2) is 0 Å². The van der Waals surface area contributed by atoms with Gasteiger partial charge in [0.1, 0.15) is 18.6 Å². The third-order valence-corrected chi connectivity index (χ3v) is 5.53. The van der Waals surface area contributed by atoms with Gasteiger partial charge in [0, 0.05) is 55.4 Å². The second kappa shape index (κ2) is 7.59. The second-order valence-electron chi connectivity index (χ2n) is 7.41. The summed E-state index contributed by atoms with van der Waals surface area (Å²) in [4.78, 5) is 17.7. The van der Waals surface area contributed by atoms with E-state index in [1.165, 1.54) is 7.11 Å². The van der Waals surface area contributed by atoms with Crippen molar-refractivity contribution in [3.05, 3.63) is 83.1 Å². The highest BCUT2D eigenvalue weighted by Crippen LogP contribution is 2.48. The van der Waals surface area contributed by atoms with Crippen molar-refractivity contribution in [2.24, 2.45) is 5.92 Å². The molecule has 1 aliphatic carbocycles. The van der Waals surface area contributed by atoms with E-state index < -0.39 is 0 Å². The van der Waals surface area contributed by atoms with E-state index in [4.69, 9.17) is 9.47 Å². The highest BCUT2D eigenvalue weighted by molar-refractivity contribution is 6.01. The molecule has 0 fully saturated rings. The van der Waals surface area contributed by atoms with Crippen LogP contribution in [0.25, 0.3) is 0 Å². The van der Waals surface area contributed by atoms with Crippen LogP contribution in [0.3, 0.4) is 0 Å². The molecule has 2 atom stereocenters. The van der Waals surface area contributed by atoms with E-state index in [1.54, 1.807) is 0 Å². The Balaban J connectivity index is 1.93. The third-order valence-electron chi connectivity index (χ3n) is 5.53. The van der Waals surface area contributed by atoms with Gasteiger partial charge in [-0.05, 0) is 17.7 Å². The van der Waals surface area contributed by atoms with E-state index in [2.05, 4.69) is 35.3 Å². The quantitative estimate of drug-likeness (QED) is 0.819. The molecule has 0 spiro atoms. The Morgan fingerprint density at radius 2 is 1.93 bits per heavy atom. The minimum atomic E-state index is -0.327. The van der Waals surface area contributed by atoms with Crippen molar-refractivity contribution in [2.75, 3.05) is 33.2 Å². The molecule has 1 aliphatic heterocycles. The Labute approximate surface area is 171 Å². The first-order valence-corrected chi connectivity index (χ1v) is 9.64. The summed E-state index contributed by atoms with van der Waals surface area (Å²) in [5, 5.41) is 0. The Bertz CT molecular complexity index is 1050. The van der Waals surface area contributed by atoms with E-state index >= 15 is 0 Å². The van der Waals surface area contributed by atoms with Crippen LogP contribution in [0.4, 0.5) is 5.69 Å². The third kappa shape index (κ3) is 3.33. The number of nitrogens with zero attached hydrogens (tertiary/aromatic N) is 1. The Kier molecular flexibility index (Phi) is 4.97. The smallest absolute Gasteiger partial charge is 0.338 e. The van der Waals surface area contributed by atoms with Crippen LogP contribution in [-0.4, -0.2) is 39.9 Å². The van der Waals surface area contributed by atoms with Crippen molar-refractivity contribution in [2.45, 2.75) is 5.92 Å². The predicted molar refractivity (Wildman–Crippen MR) is 114 cm³/mol. The summed E-state index contributed by atoms with van der Waals surface area (Å²) in [5.41, 5.74) is 4.64. The first kappa shape index (κ1) is 19.0. The average Bonchev–Trinajstić information content (AvgIpc) is 2.76. The summed E-state index contributed by atoms with van der Waals surface area (Å²) in [6.45, 7) is 0. The van der Waals surface area contributed by atoms with Crippen LogP contribution in [0, 0.1) is 5.92 Å². The number of fused-ring (bicyclic) bond motifs is 2. The maximum atomic E-state index is 12.5. The lowest BCUT2D eigenvalue weighted by atomic mass is 9.74. The summed E-state index contributed by atoms with van der Waals surface area (Å²) in [7, 11) is 7.32. The standard InChI is InChI=1S/C24H24N2O3/c1-25-15-9-11-19-21(13-15)29-22-14-16(26(2)3)10-12-20(22)23(19)17-7-5-6-8-18(17)24(27)28-4/h5-14,19,23H,1-4H3/p+1.